The van der Waals surface area contributed by atoms with Crippen LogP contribution in [-0.2, 0) is 16.0 Å². The van der Waals surface area contributed by atoms with Crippen LogP contribution in [-0.4, -0.2) is 41.6 Å². The highest BCUT2D eigenvalue weighted by Gasteiger charge is 2.19. The van der Waals surface area contributed by atoms with Crippen molar-refractivity contribution in [3.8, 4) is 0 Å². The summed E-state index contributed by atoms with van der Waals surface area (Å²) < 4.78 is 5.55. The van der Waals surface area contributed by atoms with Gasteiger partial charge in [0.2, 0.25) is 5.91 Å². The van der Waals surface area contributed by atoms with E-state index in [9.17, 15) is 4.79 Å². The molecule has 1 amide bonds. The molecule has 20 heavy (non-hydrogen) atoms. The summed E-state index contributed by atoms with van der Waals surface area (Å²) in [6.45, 7) is 4.17. The Balaban J connectivity index is 1.97. The molecule has 108 valence electrons. The average Bonchev–Trinajstić information content (AvgIpc) is 2.64. The minimum Gasteiger partial charge on any atom is -0.389 e. The summed E-state index contributed by atoms with van der Waals surface area (Å²) in [7, 11) is 0. The number of hydrogen-bond acceptors (Lipinski definition) is 3. The second-order valence-electron chi connectivity index (χ2n) is 5.11. The Hall–Kier alpha value is -1.46. The molecule has 4 nitrogen and oxygen atoms in total. The molecule has 1 heterocycles. The van der Waals surface area contributed by atoms with E-state index in [1.165, 1.54) is 0 Å². The number of ether oxygens (including phenoxy) is 1. The van der Waals surface area contributed by atoms with E-state index in [1.807, 2.05) is 36.1 Å². The van der Waals surface area contributed by atoms with Gasteiger partial charge in [0.05, 0.1) is 12.5 Å². The lowest BCUT2D eigenvalue weighted by Gasteiger charge is -2.22. The van der Waals surface area contributed by atoms with Gasteiger partial charge < -0.3 is 15.4 Å². The van der Waals surface area contributed by atoms with Gasteiger partial charge in [-0.2, -0.15) is 0 Å². The van der Waals surface area contributed by atoms with Gasteiger partial charge in [-0.3, -0.25) is 4.79 Å². The molecule has 1 atom stereocenters. The first-order valence-electron chi connectivity index (χ1n) is 6.84. The molecular weight excluding hydrogens is 272 g/mol. The Labute approximate surface area is 124 Å². The summed E-state index contributed by atoms with van der Waals surface area (Å²) in [6.07, 6.45) is 1.42. The highest BCUT2D eigenvalue weighted by atomic mass is 32.1. The number of nitrogens with two attached hydrogens (primary N) is 1. The number of carbonyl (C=O) groups excluding carboxylic acids is 1. The van der Waals surface area contributed by atoms with Crippen molar-refractivity contribution in [1.29, 1.82) is 0 Å². The third kappa shape index (κ3) is 4.02. The summed E-state index contributed by atoms with van der Waals surface area (Å²) in [5, 5.41) is 0. The highest BCUT2D eigenvalue weighted by molar-refractivity contribution is 7.80. The zero-order valence-corrected chi connectivity index (χ0v) is 12.5. The summed E-state index contributed by atoms with van der Waals surface area (Å²) in [4.78, 5) is 14.6. The van der Waals surface area contributed by atoms with E-state index in [2.05, 4.69) is 0 Å². The molecule has 1 aromatic rings. The molecule has 0 aliphatic carbocycles. The quantitative estimate of drug-likeness (QED) is 0.858. The molecule has 1 saturated heterocycles. The van der Waals surface area contributed by atoms with Crippen molar-refractivity contribution < 1.29 is 9.53 Å². The number of nitrogens with zero attached hydrogens (tertiary/aromatic N) is 1. The molecule has 1 aromatic carbocycles. The second-order valence-corrected chi connectivity index (χ2v) is 5.55. The third-order valence-electron chi connectivity index (χ3n) is 3.40. The molecule has 0 bridgehead atoms. The maximum absolute atomic E-state index is 12.3. The van der Waals surface area contributed by atoms with E-state index in [1.54, 1.807) is 0 Å². The van der Waals surface area contributed by atoms with Crippen molar-refractivity contribution in [2.45, 2.75) is 25.9 Å². The fourth-order valence-corrected chi connectivity index (χ4v) is 2.43. The summed E-state index contributed by atoms with van der Waals surface area (Å²) in [5.74, 6) is 0.144. The van der Waals surface area contributed by atoms with E-state index in [0.717, 1.165) is 30.7 Å². The summed E-state index contributed by atoms with van der Waals surface area (Å²) in [6, 6.07) is 7.53. The van der Waals surface area contributed by atoms with Crippen LogP contribution in [0.2, 0.25) is 0 Å². The number of rotatable bonds is 3. The fraction of sp³-hybridized carbons (Fsp3) is 0.467. The van der Waals surface area contributed by atoms with Gasteiger partial charge in [0.1, 0.15) is 4.99 Å². The van der Waals surface area contributed by atoms with E-state index in [-0.39, 0.29) is 12.0 Å². The van der Waals surface area contributed by atoms with E-state index < -0.39 is 0 Å². The Morgan fingerprint density at radius 3 is 2.80 bits per heavy atom. The van der Waals surface area contributed by atoms with Crippen molar-refractivity contribution in [2.75, 3.05) is 19.7 Å². The number of carbonyl (C=O) groups is 1. The summed E-state index contributed by atoms with van der Waals surface area (Å²) >= 11 is 4.91. The topological polar surface area (TPSA) is 55.6 Å². The van der Waals surface area contributed by atoms with Gasteiger partial charge in [-0.05, 0) is 18.9 Å². The van der Waals surface area contributed by atoms with Crippen molar-refractivity contribution in [3.05, 3.63) is 35.4 Å². The first kappa shape index (κ1) is 14.9. The van der Waals surface area contributed by atoms with Gasteiger partial charge in [-0.15, -0.1) is 0 Å². The molecule has 0 aromatic heterocycles. The second kappa shape index (κ2) is 6.81. The summed E-state index contributed by atoms with van der Waals surface area (Å²) in [5.41, 5.74) is 7.36. The molecule has 2 N–H and O–H groups in total. The third-order valence-corrected chi connectivity index (χ3v) is 3.63. The number of amides is 1. The minimum atomic E-state index is 0.110. The van der Waals surface area contributed by atoms with Gasteiger partial charge in [-0.1, -0.05) is 36.5 Å². The van der Waals surface area contributed by atoms with Crippen molar-refractivity contribution in [3.63, 3.8) is 0 Å². The molecule has 5 heteroatoms. The van der Waals surface area contributed by atoms with E-state index in [0.29, 0.717) is 18.0 Å². The van der Waals surface area contributed by atoms with Crippen molar-refractivity contribution in [1.82, 2.24) is 4.90 Å². The van der Waals surface area contributed by atoms with Gasteiger partial charge >= 0.3 is 0 Å². The first-order valence-corrected chi connectivity index (χ1v) is 7.25. The molecule has 0 radical (unpaired) electrons. The van der Waals surface area contributed by atoms with Gasteiger partial charge in [0, 0.05) is 25.3 Å². The van der Waals surface area contributed by atoms with Crippen LogP contribution in [0, 0.1) is 0 Å². The monoisotopic (exact) mass is 292 g/mol. The molecule has 0 saturated carbocycles. The SMILES string of the molecule is CC1CN(C(=O)Cc2ccc(C(N)=S)cc2)CCCO1. The molecule has 1 fully saturated rings. The predicted octanol–water partition coefficient (Wildman–Crippen LogP) is 1.50. The highest BCUT2D eigenvalue weighted by Crippen LogP contribution is 2.10. The zero-order chi connectivity index (χ0) is 14.5. The lowest BCUT2D eigenvalue weighted by molar-refractivity contribution is -0.131. The van der Waals surface area contributed by atoms with Crippen LogP contribution in [0.15, 0.2) is 24.3 Å². The number of benzene rings is 1. The molecule has 1 unspecified atom stereocenters. The van der Waals surface area contributed by atoms with Gasteiger partial charge in [-0.25, -0.2) is 0 Å². The molecule has 2 rings (SSSR count). The molecule has 1 aliphatic rings. The number of hydrogen-bond donors (Lipinski definition) is 1. The molecular formula is C15H20N2O2S. The van der Waals surface area contributed by atoms with Crippen LogP contribution in [0.3, 0.4) is 0 Å². The van der Waals surface area contributed by atoms with E-state index in [4.69, 9.17) is 22.7 Å². The lowest BCUT2D eigenvalue weighted by Crippen LogP contribution is -2.36. The normalized spacial score (nSPS) is 19.4. The van der Waals surface area contributed by atoms with Crippen molar-refractivity contribution in [2.24, 2.45) is 5.73 Å². The Morgan fingerprint density at radius 1 is 1.45 bits per heavy atom. The van der Waals surface area contributed by atoms with Crippen LogP contribution >= 0.6 is 12.2 Å². The molecule has 1 aliphatic heterocycles. The van der Waals surface area contributed by atoms with Gasteiger partial charge in [0.25, 0.3) is 0 Å². The Morgan fingerprint density at radius 2 is 2.15 bits per heavy atom. The van der Waals surface area contributed by atoms with Gasteiger partial charge in [0.15, 0.2) is 0 Å². The lowest BCUT2D eigenvalue weighted by atomic mass is 10.1. The largest absolute Gasteiger partial charge is 0.389 e. The number of thiocarbonyl (C=S) groups is 1. The van der Waals surface area contributed by atoms with Crippen LogP contribution in [0.5, 0.6) is 0 Å². The fourth-order valence-electron chi connectivity index (χ4n) is 2.29. The zero-order valence-electron chi connectivity index (χ0n) is 11.7. The standard InChI is InChI=1S/C15H20N2O2S/c1-11-10-17(7-2-8-19-11)14(18)9-12-3-5-13(6-4-12)15(16)20/h3-6,11H,2,7-10H2,1H3,(H2,16,20). The van der Waals surface area contributed by atoms with Crippen molar-refractivity contribution >= 4 is 23.1 Å². The van der Waals surface area contributed by atoms with E-state index >= 15 is 0 Å². The maximum Gasteiger partial charge on any atom is 0.227 e. The minimum absolute atomic E-state index is 0.110. The molecule has 0 spiro atoms. The smallest absolute Gasteiger partial charge is 0.227 e. The van der Waals surface area contributed by atoms with Crippen LogP contribution in [0.25, 0.3) is 0 Å². The Bertz CT molecular complexity index is 487. The Kier molecular flexibility index (Phi) is 5.09. The van der Waals surface area contributed by atoms with Crippen LogP contribution < -0.4 is 5.73 Å². The van der Waals surface area contributed by atoms with Crippen LogP contribution in [0.1, 0.15) is 24.5 Å². The predicted molar refractivity (Wildman–Crippen MR) is 82.6 cm³/mol. The average molecular weight is 292 g/mol. The van der Waals surface area contributed by atoms with Crippen LogP contribution in [0.4, 0.5) is 0 Å². The first-order chi connectivity index (χ1) is 9.56. The maximum atomic E-state index is 12.3.